The number of hydrogen-bond donors (Lipinski definition) is 1. The molecule has 5 rings (SSSR count). The molecule has 4 aromatic rings. The van der Waals surface area contributed by atoms with E-state index in [0.29, 0.717) is 22.4 Å². The normalized spacial score (nSPS) is 15.6. The van der Waals surface area contributed by atoms with Crippen molar-refractivity contribution >= 4 is 39.3 Å². The number of benzene rings is 3. The summed E-state index contributed by atoms with van der Waals surface area (Å²) in [6.07, 6.45) is 3.57. The molecule has 0 fully saturated rings. The molecule has 0 aliphatic heterocycles. The van der Waals surface area contributed by atoms with Crippen molar-refractivity contribution in [2.24, 2.45) is 0 Å². The molecule has 184 valence electrons. The van der Waals surface area contributed by atoms with Gasteiger partial charge in [-0.1, -0.05) is 83.9 Å². The van der Waals surface area contributed by atoms with Crippen LogP contribution in [0.15, 0.2) is 79.0 Å². The lowest BCUT2D eigenvalue weighted by molar-refractivity contribution is 0.304. The van der Waals surface area contributed by atoms with Gasteiger partial charge in [0, 0.05) is 17.7 Å². The van der Waals surface area contributed by atoms with Crippen LogP contribution < -0.4 is 5.32 Å². The van der Waals surface area contributed by atoms with Crippen molar-refractivity contribution in [2.45, 2.75) is 18.4 Å². The third kappa shape index (κ3) is 5.39. The molecule has 0 bridgehead atoms. The van der Waals surface area contributed by atoms with Gasteiger partial charge in [0.05, 0.1) is 34.6 Å². The second kappa shape index (κ2) is 10.2. The van der Waals surface area contributed by atoms with E-state index in [2.05, 4.69) is 22.4 Å². The summed E-state index contributed by atoms with van der Waals surface area (Å²) in [5.41, 5.74) is 5.96. The van der Waals surface area contributed by atoms with Gasteiger partial charge in [0.15, 0.2) is 0 Å². The third-order valence-electron chi connectivity index (χ3n) is 6.18. The minimum absolute atomic E-state index is 0.0840. The molecule has 0 saturated carbocycles. The lowest BCUT2D eigenvalue weighted by Crippen LogP contribution is -2.21. The molecule has 9 heteroatoms. The maximum Gasteiger partial charge on any atom is 0.264 e. The van der Waals surface area contributed by atoms with E-state index in [9.17, 15) is 8.42 Å². The van der Waals surface area contributed by atoms with Crippen LogP contribution in [0.3, 0.4) is 0 Å². The van der Waals surface area contributed by atoms with Crippen LogP contribution in [0.25, 0.3) is 11.3 Å². The largest absolute Gasteiger partial charge is 0.345 e. The standard InChI is InChI=1S/C27H23Cl2N3O3S/c1-36(33,34)35-16-25(17-7-3-2-4-8-17)31-27-30-15-19-13-22(18-11-12-23(28)24(29)14-18)20-9-5-6-10-21(20)26(19)32-27/h2-12,14-15,22,25H,13,16H2,1H3,(H,30,31,32)/t22?,25-/m1/s1. The molecule has 6 nitrogen and oxygen atoms in total. The van der Waals surface area contributed by atoms with Gasteiger partial charge in [0.25, 0.3) is 10.1 Å². The summed E-state index contributed by atoms with van der Waals surface area (Å²) < 4.78 is 28.4. The average molecular weight is 540 g/mol. The second-order valence-electron chi connectivity index (χ2n) is 8.68. The number of nitrogens with zero attached hydrogens (tertiary/aromatic N) is 2. The number of halogens is 2. The smallest absolute Gasteiger partial charge is 0.264 e. The van der Waals surface area contributed by atoms with E-state index in [1.54, 1.807) is 0 Å². The summed E-state index contributed by atoms with van der Waals surface area (Å²) in [4.78, 5) is 9.41. The van der Waals surface area contributed by atoms with Gasteiger partial charge in [-0.15, -0.1) is 0 Å². The molecule has 1 N–H and O–H groups in total. The molecule has 1 aromatic heterocycles. The van der Waals surface area contributed by atoms with E-state index in [-0.39, 0.29) is 12.5 Å². The molecule has 0 saturated heterocycles. The number of anilines is 1. The average Bonchev–Trinajstić information content (AvgIpc) is 2.88. The van der Waals surface area contributed by atoms with Gasteiger partial charge >= 0.3 is 0 Å². The van der Waals surface area contributed by atoms with Crippen LogP contribution in [0.2, 0.25) is 10.0 Å². The highest BCUT2D eigenvalue weighted by molar-refractivity contribution is 7.85. The first-order chi connectivity index (χ1) is 17.3. The van der Waals surface area contributed by atoms with Gasteiger partial charge in [0.2, 0.25) is 5.95 Å². The Hall–Kier alpha value is -2.97. The van der Waals surface area contributed by atoms with Crippen molar-refractivity contribution in [2.75, 3.05) is 18.2 Å². The Morgan fingerprint density at radius 2 is 1.78 bits per heavy atom. The van der Waals surface area contributed by atoms with E-state index < -0.39 is 16.2 Å². The minimum Gasteiger partial charge on any atom is -0.345 e. The fourth-order valence-corrected chi connectivity index (χ4v) is 5.18. The van der Waals surface area contributed by atoms with Crippen molar-refractivity contribution in [3.8, 4) is 11.3 Å². The molecule has 1 aliphatic rings. The second-order valence-corrected chi connectivity index (χ2v) is 11.1. The Kier molecular flexibility index (Phi) is 6.99. The fraction of sp³-hybridized carbons (Fsp3) is 0.185. The zero-order chi connectivity index (χ0) is 25.3. The first-order valence-corrected chi connectivity index (χ1v) is 13.9. The lowest BCUT2D eigenvalue weighted by Gasteiger charge is -2.28. The molecule has 36 heavy (non-hydrogen) atoms. The number of rotatable bonds is 7. The molecule has 0 amide bonds. The molecule has 0 spiro atoms. The van der Waals surface area contributed by atoms with Crippen LogP contribution in [0.1, 0.15) is 34.2 Å². The summed E-state index contributed by atoms with van der Waals surface area (Å²) in [6.45, 7) is -0.0840. The summed E-state index contributed by atoms with van der Waals surface area (Å²) in [5, 5.41) is 4.31. The first kappa shape index (κ1) is 24.7. The predicted molar refractivity (Wildman–Crippen MR) is 143 cm³/mol. The molecule has 1 aliphatic carbocycles. The third-order valence-corrected chi connectivity index (χ3v) is 7.48. The highest BCUT2D eigenvalue weighted by Crippen LogP contribution is 2.43. The van der Waals surface area contributed by atoms with Crippen LogP contribution in [0, 0.1) is 0 Å². The van der Waals surface area contributed by atoms with Gasteiger partial charge < -0.3 is 5.32 Å². The number of nitrogens with one attached hydrogen (secondary N) is 1. The molecular formula is C27H23Cl2N3O3S. The maximum atomic E-state index is 11.6. The topological polar surface area (TPSA) is 81.2 Å². The van der Waals surface area contributed by atoms with Crippen molar-refractivity contribution in [3.05, 3.63) is 111 Å². The van der Waals surface area contributed by atoms with Crippen molar-refractivity contribution in [1.29, 1.82) is 0 Å². The summed E-state index contributed by atoms with van der Waals surface area (Å²) in [5.74, 6) is 0.480. The van der Waals surface area contributed by atoms with Crippen molar-refractivity contribution < 1.29 is 12.6 Å². The van der Waals surface area contributed by atoms with E-state index in [4.69, 9.17) is 32.4 Å². The fourth-order valence-electron chi connectivity index (χ4n) is 4.49. The Morgan fingerprint density at radius 3 is 2.53 bits per heavy atom. The zero-order valence-corrected chi connectivity index (χ0v) is 21.7. The highest BCUT2D eigenvalue weighted by atomic mass is 35.5. The number of aromatic nitrogens is 2. The molecular weight excluding hydrogens is 517 g/mol. The number of fused-ring (bicyclic) bond motifs is 3. The van der Waals surface area contributed by atoms with Crippen LogP contribution >= 0.6 is 23.2 Å². The molecule has 2 atom stereocenters. The molecule has 1 unspecified atom stereocenters. The minimum atomic E-state index is -3.61. The zero-order valence-electron chi connectivity index (χ0n) is 19.4. The van der Waals surface area contributed by atoms with Crippen molar-refractivity contribution in [1.82, 2.24) is 9.97 Å². The predicted octanol–water partition coefficient (Wildman–Crippen LogP) is 6.27. The van der Waals surface area contributed by atoms with Gasteiger partial charge in [-0.3, -0.25) is 4.18 Å². The summed E-state index contributed by atoms with van der Waals surface area (Å²) in [7, 11) is -3.61. The van der Waals surface area contributed by atoms with Gasteiger partial charge in [-0.2, -0.15) is 8.42 Å². The van der Waals surface area contributed by atoms with Gasteiger partial charge in [-0.05, 0) is 40.8 Å². The van der Waals surface area contributed by atoms with E-state index in [1.807, 2.05) is 66.9 Å². The molecule has 3 aromatic carbocycles. The first-order valence-electron chi connectivity index (χ1n) is 11.3. The summed E-state index contributed by atoms with van der Waals surface area (Å²) >= 11 is 12.5. The summed E-state index contributed by atoms with van der Waals surface area (Å²) in [6, 6.07) is 22.9. The molecule has 1 heterocycles. The van der Waals surface area contributed by atoms with Gasteiger partial charge in [0.1, 0.15) is 0 Å². The lowest BCUT2D eigenvalue weighted by atomic mass is 9.78. The van der Waals surface area contributed by atoms with E-state index in [0.717, 1.165) is 39.8 Å². The monoisotopic (exact) mass is 539 g/mol. The molecule has 0 radical (unpaired) electrons. The van der Waals surface area contributed by atoms with E-state index >= 15 is 0 Å². The Labute approximate surface area is 220 Å². The van der Waals surface area contributed by atoms with Gasteiger partial charge in [-0.25, -0.2) is 9.97 Å². The Morgan fingerprint density at radius 1 is 1.03 bits per heavy atom. The quantitative estimate of drug-likeness (QED) is 0.279. The number of hydrogen-bond acceptors (Lipinski definition) is 6. The SMILES string of the molecule is CS(=O)(=O)OC[C@@H](Nc1ncc2c(n1)-c1ccccc1C(c1ccc(Cl)c(Cl)c1)C2)c1ccccc1. The Bertz CT molecular complexity index is 1510. The van der Waals surface area contributed by atoms with Crippen LogP contribution in [-0.4, -0.2) is 31.2 Å². The van der Waals surface area contributed by atoms with E-state index in [1.165, 1.54) is 0 Å². The van der Waals surface area contributed by atoms with Crippen LogP contribution in [0.5, 0.6) is 0 Å². The maximum absolute atomic E-state index is 11.6. The Balaban J connectivity index is 1.49. The van der Waals surface area contributed by atoms with Crippen LogP contribution in [0.4, 0.5) is 5.95 Å². The van der Waals surface area contributed by atoms with Crippen LogP contribution in [-0.2, 0) is 20.7 Å². The van der Waals surface area contributed by atoms with Crippen molar-refractivity contribution in [3.63, 3.8) is 0 Å². The highest BCUT2D eigenvalue weighted by Gasteiger charge is 2.28.